The van der Waals surface area contributed by atoms with Gasteiger partial charge in [-0.3, -0.25) is 4.79 Å². The third kappa shape index (κ3) is 5.61. The Labute approximate surface area is 182 Å². The van der Waals surface area contributed by atoms with Gasteiger partial charge in [-0.15, -0.1) is 0 Å². The van der Waals surface area contributed by atoms with Gasteiger partial charge in [-0.05, 0) is 42.8 Å². The van der Waals surface area contributed by atoms with Crippen LogP contribution in [0.15, 0.2) is 51.3 Å². The molecule has 9 heteroatoms. The van der Waals surface area contributed by atoms with Crippen molar-refractivity contribution >= 4 is 22.0 Å². The summed E-state index contributed by atoms with van der Waals surface area (Å²) < 4.78 is 37.8. The highest BCUT2D eigenvalue weighted by molar-refractivity contribution is 7.89. The Bertz CT molecular complexity index is 1080. The number of nitriles is 1. The van der Waals surface area contributed by atoms with Crippen LogP contribution in [-0.2, 0) is 19.6 Å². The van der Waals surface area contributed by atoms with Crippen molar-refractivity contribution in [2.24, 2.45) is 0 Å². The molecule has 0 aliphatic carbocycles. The molecule has 1 fully saturated rings. The van der Waals surface area contributed by atoms with Gasteiger partial charge < -0.3 is 14.5 Å². The van der Waals surface area contributed by atoms with Crippen molar-refractivity contribution in [2.45, 2.75) is 24.7 Å². The van der Waals surface area contributed by atoms with Crippen molar-refractivity contribution in [3.63, 3.8) is 0 Å². The third-order valence-electron chi connectivity index (χ3n) is 4.84. The van der Waals surface area contributed by atoms with Crippen molar-refractivity contribution in [1.29, 1.82) is 5.26 Å². The Kier molecular flexibility index (Phi) is 7.63. The second-order valence-corrected chi connectivity index (χ2v) is 8.96. The standard InChI is InChI=1S/C22H25N3O5S/c1-2-3-10-24-22(26)18(16-23)15-19-6-9-21(30-19)17-4-7-20(8-5-17)31(27,28)25-11-13-29-14-12-25/h4-9,15H,2-3,10-14H2,1H3,(H,24,26). The molecule has 0 atom stereocenters. The molecule has 1 aromatic heterocycles. The summed E-state index contributed by atoms with van der Waals surface area (Å²) in [5, 5.41) is 12.0. The van der Waals surface area contributed by atoms with E-state index in [2.05, 4.69) is 5.32 Å². The van der Waals surface area contributed by atoms with Crippen LogP contribution in [0.25, 0.3) is 17.4 Å². The van der Waals surface area contributed by atoms with Gasteiger partial charge in [0.25, 0.3) is 5.91 Å². The largest absolute Gasteiger partial charge is 0.457 e. The number of rotatable bonds is 8. The topological polar surface area (TPSA) is 113 Å². The number of carbonyl (C=O) groups excluding carboxylic acids is 1. The highest BCUT2D eigenvalue weighted by Gasteiger charge is 2.26. The minimum Gasteiger partial charge on any atom is -0.457 e. The monoisotopic (exact) mass is 443 g/mol. The van der Waals surface area contributed by atoms with E-state index in [4.69, 9.17) is 9.15 Å². The third-order valence-corrected chi connectivity index (χ3v) is 6.75. The van der Waals surface area contributed by atoms with Crippen molar-refractivity contribution in [2.75, 3.05) is 32.8 Å². The van der Waals surface area contributed by atoms with Gasteiger partial charge in [0.1, 0.15) is 23.2 Å². The van der Waals surface area contributed by atoms with Gasteiger partial charge in [0.05, 0.1) is 18.1 Å². The van der Waals surface area contributed by atoms with E-state index in [0.29, 0.717) is 49.9 Å². The molecule has 1 aliphatic heterocycles. The molecular weight excluding hydrogens is 418 g/mol. The maximum Gasteiger partial charge on any atom is 0.262 e. The number of morpholine rings is 1. The van der Waals surface area contributed by atoms with Gasteiger partial charge in [0, 0.05) is 31.3 Å². The molecule has 0 radical (unpaired) electrons. The smallest absolute Gasteiger partial charge is 0.262 e. The first-order valence-electron chi connectivity index (χ1n) is 10.1. The molecule has 0 saturated carbocycles. The van der Waals surface area contributed by atoms with Crippen LogP contribution < -0.4 is 5.32 Å². The Morgan fingerprint density at radius 3 is 2.55 bits per heavy atom. The number of sulfonamides is 1. The quantitative estimate of drug-likeness (QED) is 0.381. The molecule has 2 heterocycles. The summed E-state index contributed by atoms with van der Waals surface area (Å²) in [7, 11) is -3.56. The number of furan rings is 1. The van der Waals surface area contributed by atoms with Crippen LogP contribution in [0, 0.1) is 11.3 Å². The molecule has 1 aromatic carbocycles. The normalized spacial score (nSPS) is 15.4. The SMILES string of the molecule is CCCCNC(=O)C(C#N)=Cc1ccc(-c2ccc(S(=O)(=O)N3CCOCC3)cc2)o1. The van der Waals surface area contributed by atoms with Crippen LogP contribution in [0.4, 0.5) is 0 Å². The van der Waals surface area contributed by atoms with Crippen molar-refractivity contribution in [3.05, 3.63) is 47.7 Å². The second kappa shape index (κ2) is 10.4. The van der Waals surface area contributed by atoms with E-state index in [1.165, 1.54) is 10.4 Å². The van der Waals surface area contributed by atoms with Crippen LogP contribution >= 0.6 is 0 Å². The van der Waals surface area contributed by atoms with Gasteiger partial charge in [0.15, 0.2) is 0 Å². The molecule has 1 N–H and O–H groups in total. The number of nitrogens with zero attached hydrogens (tertiary/aromatic N) is 2. The highest BCUT2D eigenvalue weighted by Crippen LogP contribution is 2.26. The second-order valence-electron chi connectivity index (χ2n) is 7.02. The van der Waals surface area contributed by atoms with Crippen molar-refractivity contribution in [3.8, 4) is 17.4 Å². The molecular formula is C22H25N3O5S. The Morgan fingerprint density at radius 2 is 1.90 bits per heavy atom. The van der Waals surface area contributed by atoms with Crippen LogP contribution in [-0.4, -0.2) is 51.5 Å². The van der Waals surface area contributed by atoms with Crippen LogP contribution in [0.3, 0.4) is 0 Å². The van der Waals surface area contributed by atoms with E-state index in [0.717, 1.165) is 12.8 Å². The molecule has 2 aromatic rings. The summed E-state index contributed by atoms with van der Waals surface area (Å²) >= 11 is 0. The number of nitrogens with one attached hydrogen (secondary N) is 1. The number of hydrogen-bond donors (Lipinski definition) is 1. The van der Waals surface area contributed by atoms with Crippen LogP contribution in [0.5, 0.6) is 0 Å². The van der Waals surface area contributed by atoms with E-state index in [1.54, 1.807) is 36.4 Å². The van der Waals surface area contributed by atoms with Crippen LogP contribution in [0.2, 0.25) is 0 Å². The minimum atomic E-state index is -3.56. The molecule has 1 amide bonds. The summed E-state index contributed by atoms with van der Waals surface area (Å²) in [4.78, 5) is 12.3. The first-order chi connectivity index (χ1) is 15.0. The molecule has 0 spiro atoms. The van der Waals surface area contributed by atoms with E-state index >= 15 is 0 Å². The summed E-state index contributed by atoms with van der Waals surface area (Å²) in [6.07, 6.45) is 3.18. The van der Waals surface area contributed by atoms with E-state index in [-0.39, 0.29) is 10.5 Å². The Hall–Kier alpha value is -2.93. The van der Waals surface area contributed by atoms with Crippen molar-refractivity contribution < 1.29 is 22.4 Å². The zero-order valence-corrected chi connectivity index (χ0v) is 18.2. The molecule has 31 heavy (non-hydrogen) atoms. The predicted molar refractivity (Wildman–Crippen MR) is 115 cm³/mol. The molecule has 1 saturated heterocycles. The minimum absolute atomic E-state index is 0.0380. The molecule has 3 rings (SSSR count). The fourth-order valence-corrected chi connectivity index (χ4v) is 4.49. The van der Waals surface area contributed by atoms with Gasteiger partial charge in [0.2, 0.25) is 10.0 Å². The number of unbranched alkanes of at least 4 members (excludes halogenated alkanes) is 1. The fourth-order valence-electron chi connectivity index (χ4n) is 3.08. The van der Waals surface area contributed by atoms with Crippen molar-refractivity contribution in [1.82, 2.24) is 9.62 Å². The lowest BCUT2D eigenvalue weighted by Gasteiger charge is -2.26. The number of hydrogen-bond acceptors (Lipinski definition) is 6. The zero-order chi connectivity index (χ0) is 22.3. The van der Waals surface area contributed by atoms with E-state index in [1.807, 2.05) is 13.0 Å². The fraction of sp³-hybridized carbons (Fsp3) is 0.364. The first-order valence-corrected chi connectivity index (χ1v) is 11.6. The number of benzene rings is 1. The molecule has 0 bridgehead atoms. The summed E-state index contributed by atoms with van der Waals surface area (Å²) in [5.41, 5.74) is 0.649. The maximum absolute atomic E-state index is 12.7. The van der Waals surface area contributed by atoms with E-state index < -0.39 is 15.9 Å². The lowest BCUT2D eigenvalue weighted by atomic mass is 10.2. The van der Waals surface area contributed by atoms with E-state index in [9.17, 15) is 18.5 Å². The lowest BCUT2D eigenvalue weighted by molar-refractivity contribution is -0.117. The number of carbonyl (C=O) groups is 1. The van der Waals surface area contributed by atoms with Crippen LogP contribution in [0.1, 0.15) is 25.5 Å². The van der Waals surface area contributed by atoms with Gasteiger partial charge in [-0.1, -0.05) is 13.3 Å². The first kappa shape index (κ1) is 22.7. The summed E-state index contributed by atoms with van der Waals surface area (Å²) in [6, 6.07) is 11.7. The molecule has 0 unspecified atom stereocenters. The van der Waals surface area contributed by atoms with Gasteiger partial charge in [-0.25, -0.2) is 8.42 Å². The molecule has 8 nitrogen and oxygen atoms in total. The Morgan fingerprint density at radius 1 is 1.19 bits per heavy atom. The predicted octanol–water partition coefficient (Wildman–Crippen LogP) is 2.79. The average molecular weight is 444 g/mol. The number of amides is 1. The molecule has 164 valence electrons. The lowest BCUT2D eigenvalue weighted by Crippen LogP contribution is -2.40. The maximum atomic E-state index is 12.7. The van der Waals surface area contributed by atoms with Gasteiger partial charge >= 0.3 is 0 Å². The molecule has 1 aliphatic rings. The average Bonchev–Trinajstić information content (AvgIpc) is 3.27. The summed E-state index contributed by atoms with van der Waals surface area (Å²) in [5.74, 6) is 0.430. The summed E-state index contributed by atoms with van der Waals surface area (Å²) in [6.45, 7) is 3.98. The zero-order valence-electron chi connectivity index (χ0n) is 17.3. The number of ether oxygens (including phenoxy) is 1. The highest BCUT2D eigenvalue weighted by atomic mass is 32.2. The van der Waals surface area contributed by atoms with Gasteiger partial charge in [-0.2, -0.15) is 9.57 Å². The Balaban J connectivity index is 1.73.